The molecule has 0 bridgehead atoms. The number of H-pyrrole nitrogens is 1. The number of likely N-dealkylation sites (N-methyl/N-ethyl adjacent to an activating group) is 1. The second-order valence-electron chi connectivity index (χ2n) is 7.84. The zero-order valence-corrected chi connectivity index (χ0v) is 22.1. The van der Waals surface area contributed by atoms with E-state index < -0.39 is 37.0 Å². The van der Waals surface area contributed by atoms with Crippen molar-refractivity contribution in [2.75, 3.05) is 20.2 Å². The first-order valence-electron chi connectivity index (χ1n) is 10.6. The lowest BCUT2D eigenvalue weighted by Crippen LogP contribution is -2.48. The van der Waals surface area contributed by atoms with Gasteiger partial charge in [-0.2, -0.15) is 0 Å². The molecule has 1 aromatic carbocycles. The number of aromatic nitrogens is 2. The van der Waals surface area contributed by atoms with Gasteiger partial charge in [0.05, 0.1) is 28.1 Å². The Morgan fingerprint density at radius 2 is 1.76 bits per heavy atom. The fraction of sp³-hybridized carbons (Fsp3) is 0.409. The first kappa shape index (κ1) is 32.9. The number of aryl methyl sites for hydroxylation is 1. The fourth-order valence-electron chi connectivity index (χ4n) is 3.21. The monoisotopic (exact) mass is 581 g/mol. The summed E-state index contributed by atoms with van der Waals surface area (Å²) < 4.78 is 0. The number of carboxylic acids is 1. The average Bonchev–Trinajstić information content (AvgIpc) is 3.17. The van der Waals surface area contributed by atoms with Crippen molar-refractivity contribution in [3.63, 3.8) is 0 Å². The van der Waals surface area contributed by atoms with Crippen LogP contribution < -0.4 is 10.9 Å². The number of aliphatic hydroxyl groups excluding tert-OH is 5. The Hall–Kier alpha value is -2.17. The number of aromatic carboxylic acids is 1. The van der Waals surface area contributed by atoms with E-state index >= 15 is 0 Å². The van der Waals surface area contributed by atoms with Gasteiger partial charge in [0.1, 0.15) is 33.8 Å². The summed E-state index contributed by atoms with van der Waals surface area (Å²) in [6.45, 7) is 1.04. The van der Waals surface area contributed by atoms with E-state index in [-0.39, 0.29) is 22.5 Å². The van der Waals surface area contributed by atoms with E-state index in [2.05, 4.69) is 15.3 Å². The molecule has 15 heteroatoms. The van der Waals surface area contributed by atoms with Gasteiger partial charge in [-0.15, -0.1) is 11.3 Å². The van der Waals surface area contributed by atoms with Crippen LogP contribution in [0, 0.1) is 6.92 Å². The maximum atomic E-state index is 12.2. The van der Waals surface area contributed by atoms with Gasteiger partial charge in [-0.3, -0.25) is 4.79 Å². The van der Waals surface area contributed by atoms with E-state index in [0.717, 1.165) is 16.9 Å². The molecular weight excluding hydrogens is 553 g/mol. The summed E-state index contributed by atoms with van der Waals surface area (Å²) in [6, 6.07) is 5.17. The first-order chi connectivity index (χ1) is 16.9. The predicted octanol–water partition coefficient (Wildman–Crippen LogP) is -0.294. The molecule has 0 spiro atoms. The lowest BCUT2D eigenvalue weighted by atomic mass is 10.0. The Labute approximate surface area is 225 Å². The summed E-state index contributed by atoms with van der Waals surface area (Å²) in [6.07, 6.45) is -5.29. The molecule has 4 atom stereocenters. The van der Waals surface area contributed by atoms with Crippen molar-refractivity contribution in [1.29, 1.82) is 0 Å². The number of benzene rings is 1. The molecule has 0 aliphatic heterocycles. The van der Waals surface area contributed by atoms with Crippen molar-refractivity contribution >= 4 is 50.7 Å². The summed E-state index contributed by atoms with van der Waals surface area (Å²) in [4.78, 5) is 31.0. The third-order valence-corrected chi connectivity index (χ3v) is 7.05. The Morgan fingerprint density at radius 1 is 1.14 bits per heavy atom. The van der Waals surface area contributed by atoms with Crippen LogP contribution in [-0.2, 0) is 6.42 Å². The van der Waals surface area contributed by atoms with Crippen LogP contribution in [-0.4, -0.2) is 96.7 Å². The summed E-state index contributed by atoms with van der Waals surface area (Å²) in [5.41, 5.74) is 0.937. The summed E-state index contributed by atoms with van der Waals surface area (Å²) >= 11 is 12.9. The number of nitrogens with one attached hydrogen (secondary N) is 2. The lowest BCUT2D eigenvalue weighted by Gasteiger charge is -2.25. The predicted molar refractivity (Wildman–Crippen MR) is 140 cm³/mol. The molecule has 0 saturated carbocycles. The molecule has 0 radical (unpaired) electrons. The van der Waals surface area contributed by atoms with E-state index in [0.29, 0.717) is 38.1 Å². The SMILES string of the molecule is CNC[C@H](O)[C@@H](O)[C@H](O)[C@H](O)CO.Cc1c(C(=O)O)sc2nc(Cc3ccc(Cl)c(Cl)c3)[nH]c(=O)c12.O. The van der Waals surface area contributed by atoms with Gasteiger partial charge in [0.2, 0.25) is 0 Å². The van der Waals surface area contributed by atoms with Gasteiger partial charge in [0.25, 0.3) is 5.56 Å². The van der Waals surface area contributed by atoms with Crippen molar-refractivity contribution in [2.45, 2.75) is 37.8 Å². The molecule has 0 saturated heterocycles. The molecule has 0 unspecified atom stereocenters. The Bertz CT molecular complexity index is 1250. The number of halogens is 2. The number of nitrogens with zero attached hydrogens (tertiary/aromatic N) is 1. The minimum atomic E-state index is -1.55. The number of carbonyl (C=O) groups is 1. The minimum absolute atomic E-state index is 0. The van der Waals surface area contributed by atoms with Gasteiger partial charge in [-0.05, 0) is 37.2 Å². The third-order valence-electron chi connectivity index (χ3n) is 5.14. The molecule has 0 amide bonds. The maximum absolute atomic E-state index is 12.2. The maximum Gasteiger partial charge on any atom is 0.346 e. The van der Waals surface area contributed by atoms with Crippen molar-refractivity contribution in [1.82, 2.24) is 15.3 Å². The Balaban J connectivity index is 0.000000423. The third kappa shape index (κ3) is 8.41. The highest BCUT2D eigenvalue weighted by Gasteiger charge is 2.29. The number of fused-ring (bicyclic) bond motifs is 1. The molecule has 10 N–H and O–H groups in total. The molecular formula is C22H29Cl2N3O9S. The Kier molecular flexibility index (Phi) is 13.0. The number of thiophene rings is 1. The molecule has 3 rings (SSSR count). The standard InChI is InChI=1S/C15H10Cl2N2O3S.C7H17NO5.H2O/c1-6-11-13(20)18-10(19-14(11)23-12(6)15(21)22)5-7-2-3-8(16)9(17)4-7;1-8-2-4(10)6(12)7(13)5(11)3-9;/h2-4H,5H2,1H3,(H,21,22)(H,18,19,20);4-13H,2-3H2,1H3;1H2/t;4-,5+,6+,7+;/m.0./s1. The normalized spacial score (nSPS) is 14.2. The fourth-order valence-corrected chi connectivity index (χ4v) is 4.57. The van der Waals surface area contributed by atoms with Gasteiger partial charge in [-0.1, -0.05) is 29.3 Å². The van der Waals surface area contributed by atoms with E-state index in [9.17, 15) is 14.7 Å². The van der Waals surface area contributed by atoms with Crippen LogP contribution in [0.4, 0.5) is 0 Å². The number of hydrogen-bond donors (Lipinski definition) is 8. The molecule has 2 heterocycles. The highest BCUT2D eigenvalue weighted by atomic mass is 35.5. The molecule has 206 valence electrons. The van der Waals surface area contributed by atoms with E-state index in [1.165, 1.54) is 0 Å². The van der Waals surface area contributed by atoms with E-state index in [1.807, 2.05) is 0 Å². The molecule has 0 aliphatic rings. The summed E-state index contributed by atoms with van der Waals surface area (Å²) in [5.74, 6) is -0.616. The smallest absolute Gasteiger partial charge is 0.346 e. The lowest BCUT2D eigenvalue weighted by molar-refractivity contribution is -0.113. The van der Waals surface area contributed by atoms with Crippen LogP contribution >= 0.6 is 34.5 Å². The molecule has 0 aliphatic carbocycles. The van der Waals surface area contributed by atoms with Crippen LogP contribution in [0.5, 0.6) is 0 Å². The van der Waals surface area contributed by atoms with E-state index in [1.54, 1.807) is 32.2 Å². The number of rotatable bonds is 9. The molecule has 0 fully saturated rings. The topological polar surface area (TPSA) is 228 Å². The van der Waals surface area contributed by atoms with Crippen LogP contribution in [0.3, 0.4) is 0 Å². The highest BCUT2D eigenvalue weighted by Crippen LogP contribution is 2.27. The average molecular weight is 582 g/mol. The van der Waals surface area contributed by atoms with Crippen LogP contribution in [0.2, 0.25) is 10.0 Å². The second kappa shape index (κ2) is 14.7. The summed E-state index contributed by atoms with van der Waals surface area (Å²) in [7, 11) is 1.57. The van der Waals surface area contributed by atoms with Crippen LogP contribution in [0.25, 0.3) is 10.2 Å². The van der Waals surface area contributed by atoms with Gasteiger partial charge in [-0.25, -0.2) is 9.78 Å². The van der Waals surface area contributed by atoms with Crippen LogP contribution in [0.15, 0.2) is 23.0 Å². The zero-order chi connectivity index (χ0) is 27.2. The number of aromatic amines is 1. The number of carboxylic acid groups (broad SMARTS) is 1. The van der Waals surface area contributed by atoms with Crippen LogP contribution in [0.1, 0.15) is 26.6 Å². The van der Waals surface area contributed by atoms with Crippen molar-refractivity contribution in [3.05, 3.63) is 60.4 Å². The largest absolute Gasteiger partial charge is 0.477 e. The number of hydrogen-bond acceptors (Lipinski definition) is 10. The van der Waals surface area contributed by atoms with Gasteiger partial charge < -0.3 is 46.4 Å². The molecule has 12 nitrogen and oxygen atoms in total. The molecule has 37 heavy (non-hydrogen) atoms. The zero-order valence-electron chi connectivity index (χ0n) is 19.8. The van der Waals surface area contributed by atoms with Crippen molar-refractivity contribution in [3.8, 4) is 0 Å². The minimum Gasteiger partial charge on any atom is -0.477 e. The quantitative estimate of drug-likeness (QED) is 0.164. The first-order valence-corrected chi connectivity index (χ1v) is 12.2. The second-order valence-corrected chi connectivity index (χ2v) is 9.65. The summed E-state index contributed by atoms with van der Waals surface area (Å²) in [5, 5.41) is 57.8. The Morgan fingerprint density at radius 3 is 2.30 bits per heavy atom. The van der Waals surface area contributed by atoms with Gasteiger partial charge in [0, 0.05) is 13.0 Å². The van der Waals surface area contributed by atoms with Gasteiger partial charge >= 0.3 is 5.97 Å². The van der Waals surface area contributed by atoms with Gasteiger partial charge in [0.15, 0.2) is 0 Å². The van der Waals surface area contributed by atoms with E-state index in [4.69, 9.17) is 48.7 Å². The molecule has 3 aromatic rings. The highest BCUT2D eigenvalue weighted by molar-refractivity contribution is 7.20. The molecule has 2 aromatic heterocycles. The van der Waals surface area contributed by atoms with Crippen molar-refractivity contribution < 1.29 is 40.9 Å². The van der Waals surface area contributed by atoms with Crippen molar-refractivity contribution in [2.24, 2.45) is 0 Å². The number of aliphatic hydroxyl groups is 5.